The number of benzene rings is 1. The van der Waals surface area contributed by atoms with Crippen molar-refractivity contribution >= 4 is 34.7 Å². The van der Waals surface area contributed by atoms with Gasteiger partial charge < -0.3 is 15.5 Å². The van der Waals surface area contributed by atoms with Crippen molar-refractivity contribution in [3.63, 3.8) is 0 Å². The van der Waals surface area contributed by atoms with Crippen LogP contribution in [0.4, 0.5) is 5.69 Å². The number of nitrogens with one attached hydrogen (secondary N) is 2. The van der Waals surface area contributed by atoms with Gasteiger partial charge in [-0.1, -0.05) is 6.07 Å². The highest BCUT2D eigenvalue weighted by atomic mass is 32.1. The maximum atomic E-state index is 12.7. The highest BCUT2D eigenvalue weighted by molar-refractivity contribution is 7.08. The molecule has 28 heavy (non-hydrogen) atoms. The fourth-order valence-corrected chi connectivity index (χ4v) is 3.89. The maximum Gasteiger partial charge on any atom is 0.254 e. The predicted molar refractivity (Wildman–Crippen MR) is 111 cm³/mol. The lowest BCUT2D eigenvalue weighted by Crippen LogP contribution is -2.28. The number of hydrogen-bond acceptors (Lipinski definition) is 4. The Hall–Kier alpha value is -2.67. The van der Waals surface area contributed by atoms with E-state index in [2.05, 4.69) is 10.6 Å². The monoisotopic (exact) mass is 399 g/mol. The van der Waals surface area contributed by atoms with Crippen molar-refractivity contribution < 1.29 is 14.4 Å². The second-order valence-corrected chi connectivity index (χ2v) is 7.68. The molecular weight excluding hydrogens is 374 g/mol. The number of nitrogens with zero attached hydrogens (tertiary/aromatic N) is 1. The first-order valence-corrected chi connectivity index (χ1v) is 10.5. The molecule has 2 N–H and O–H groups in total. The third-order valence-corrected chi connectivity index (χ3v) is 5.56. The number of hydrogen-bond donors (Lipinski definition) is 2. The Labute approximate surface area is 168 Å². The molecule has 2 aromatic rings. The summed E-state index contributed by atoms with van der Waals surface area (Å²) in [5.41, 5.74) is 2.74. The number of carbonyl (C=O) groups excluding carboxylic acids is 3. The standard InChI is InChI=1S/C21H25N3O3S/c1-15-17(21(27)24-11-2-3-12-24)6-4-7-18(15)23-19(25)8-5-10-22-20(26)16-9-13-28-14-16/h4,6-7,9,13-14H,2-3,5,8,10-12H2,1H3,(H,22,26)(H,23,25). The summed E-state index contributed by atoms with van der Waals surface area (Å²) in [4.78, 5) is 38.6. The molecule has 1 saturated heterocycles. The van der Waals surface area contributed by atoms with Gasteiger partial charge in [-0.2, -0.15) is 11.3 Å². The number of likely N-dealkylation sites (tertiary alicyclic amines) is 1. The van der Waals surface area contributed by atoms with Crippen molar-refractivity contribution in [3.8, 4) is 0 Å². The number of rotatable bonds is 7. The fraction of sp³-hybridized carbons (Fsp3) is 0.381. The molecule has 0 bridgehead atoms. The van der Waals surface area contributed by atoms with Crippen molar-refractivity contribution in [2.75, 3.05) is 25.0 Å². The summed E-state index contributed by atoms with van der Waals surface area (Å²) in [5.74, 6) is -0.216. The molecule has 1 aromatic heterocycles. The van der Waals surface area contributed by atoms with Gasteiger partial charge in [0.25, 0.3) is 11.8 Å². The summed E-state index contributed by atoms with van der Waals surface area (Å²) >= 11 is 1.47. The van der Waals surface area contributed by atoms with E-state index in [4.69, 9.17) is 0 Å². The molecule has 0 unspecified atom stereocenters. The van der Waals surface area contributed by atoms with E-state index in [9.17, 15) is 14.4 Å². The molecule has 3 rings (SSSR count). The van der Waals surface area contributed by atoms with Crippen molar-refractivity contribution in [2.45, 2.75) is 32.6 Å². The van der Waals surface area contributed by atoms with Gasteiger partial charge in [0.05, 0.1) is 0 Å². The molecule has 1 fully saturated rings. The number of thiophene rings is 1. The summed E-state index contributed by atoms with van der Waals surface area (Å²) < 4.78 is 0. The minimum atomic E-state index is -0.126. The Balaban J connectivity index is 1.49. The average Bonchev–Trinajstić information content (AvgIpc) is 3.40. The van der Waals surface area contributed by atoms with Crippen molar-refractivity contribution in [3.05, 3.63) is 51.7 Å². The van der Waals surface area contributed by atoms with Crippen molar-refractivity contribution in [1.82, 2.24) is 10.2 Å². The van der Waals surface area contributed by atoms with E-state index in [0.717, 1.165) is 31.5 Å². The maximum absolute atomic E-state index is 12.7. The Morgan fingerprint density at radius 1 is 1.14 bits per heavy atom. The van der Waals surface area contributed by atoms with Crippen LogP contribution >= 0.6 is 11.3 Å². The number of carbonyl (C=O) groups is 3. The van der Waals surface area contributed by atoms with Gasteiger partial charge in [-0.25, -0.2) is 0 Å². The zero-order chi connectivity index (χ0) is 19.9. The van der Waals surface area contributed by atoms with Crippen LogP contribution in [-0.2, 0) is 4.79 Å². The van der Waals surface area contributed by atoms with Crippen molar-refractivity contribution in [2.24, 2.45) is 0 Å². The first kappa shape index (κ1) is 20.1. The minimum Gasteiger partial charge on any atom is -0.352 e. The molecule has 0 atom stereocenters. The molecule has 6 nitrogen and oxygen atoms in total. The van der Waals surface area contributed by atoms with Gasteiger partial charge in [0.1, 0.15) is 0 Å². The van der Waals surface area contributed by atoms with Crippen LogP contribution in [0.25, 0.3) is 0 Å². The van der Waals surface area contributed by atoms with Crippen LogP contribution in [0.3, 0.4) is 0 Å². The molecular formula is C21H25N3O3S. The highest BCUT2D eigenvalue weighted by Gasteiger charge is 2.22. The van der Waals surface area contributed by atoms with Gasteiger partial charge in [-0.15, -0.1) is 0 Å². The normalized spacial score (nSPS) is 13.4. The van der Waals surface area contributed by atoms with Gasteiger partial charge in [-0.3, -0.25) is 14.4 Å². The second kappa shape index (κ2) is 9.50. The van der Waals surface area contributed by atoms with Gasteiger partial charge >= 0.3 is 0 Å². The summed E-state index contributed by atoms with van der Waals surface area (Å²) in [6.07, 6.45) is 2.94. The number of anilines is 1. The van der Waals surface area contributed by atoms with Crippen LogP contribution in [0.5, 0.6) is 0 Å². The predicted octanol–water partition coefficient (Wildman–Crippen LogP) is 3.44. The van der Waals surface area contributed by atoms with Crippen molar-refractivity contribution in [1.29, 1.82) is 0 Å². The quantitative estimate of drug-likeness (QED) is 0.700. The Morgan fingerprint density at radius 2 is 1.93 bits per heavy atom. The molecule has 0 radical (unpaired) electrons. The van der Waals surface area contributed by atoms with Crippen LogP contribution in [0.2, 0.25) is 0 Å². The molecule has 1 aliphatic heterocycles. The molecule has 0 spiro atoms. The molecule has 0 aliphatic carbocycles. The molecule has 1 aliphatic rings. The van der Waals surface area contributed by atoms with E-state index < -0.39 is 0 Å². The third kappa shape index (κ3) is 4.98. The van der Waals surface area contributed by atoms with Crippen LogP contribution in [-0.4, -0.2) is 42.3 Å². The molecule has 7 heteroatoms. The van der Waals surface area contributed by atoms with E-state index >= 15 is 0 Å². The SMILES string of the molecule is Cc1c(NC(=O)CCCNC(=O)c2ccsc2)cccc1C(=O)N1CCCC1. The Bertz CT molecular complexity index is 843. The van der Waals surface area contributed by atoms with Gasteiger partial charge in [0.15, 0.2) is 0 Å². The molecule has 1 aromatic carbocycles. The first-order chi connectivity index (χ1) is 13.6. The van der Waals surface area contributed by atoms with E-state index in [1.807, 2.05) is 29.3 Å². The summed E-state index contributed by atoms with van der Waals surface area (Å²) in [7, 11) is 0. The Morgan fingerprint density at radius 3 is 2.64 bits per heavy atom. The highest BCUT2D eigenvalue weighted by Crippen LogP contribution is 2.22. The fourth-order valence-electron chi connectivity index (χ4n) is 3.25. The van der Waals surface area contributed by atoms with E-state index in [1.54, 1.807) is 17.5 Å². The lowest BCUT2D eigenvalue weighted by Gasteiger charge is -2.18. The zero-order valence-corrected chi connectivity index (χ0v) is 16.8. The van der Waals surface area contributed by atoms with E-state index in [0.29, 0.717) is 36.2 Å². The molecule has 2 heterocycles. The van der Waals surface area contributed by atoms with Gasteiger partial charge in [0.2, 0.25) is 5.91 Å². The Kier molecular flexibility index (Phi) is 6.81. The minimum absolute atomic E-state index is 0.0299. The lowest BCUT2D eigenvalue weighted by atomic mass is 10.1. The van der Waals surface area contributed by atoms with Crippen LogP contribution in [0.15, 0.2) is 35.0 Å². The van der Waals surface area contributed by atoms with Gasteiger partial charge in [-0.05, 0) is 55.3 Å². The van der Waals surface area contributed by atoms with Crippen LogP contribution in [0.1, 0.15) is 52.0 Å². The molecule has 0 saturated carbocycles. The molecule has 3 amide bonds. The van der Waals surface area contributed by atoms with Gasteiger partial charge in [0, 0.05) is 48.2 Å². The number of amides is 3. The van der Waals surface area contributed by atoms with E-state index in [1.165, 1.54) is 11.3 Å². The zero-order valence-electron chi connectivity index (χ0n) is 16.0. The van der Waals surface area contributed by atoms with E-state index in [-0.39, 0.29) is 17.7 Å². The third-order valence-electron chi connectivity index (χ3n) is 4.88. The second-order valence-electron chi connectivity index (χ2n) is 6.90. The van der Waals surface area contributed by atoms with Crippen LogP contribution in [0, 0.1) is 6.92 Å². The summed E-state index contributed by atoms with van der Waals surface area (Å²) in [6.45, 7) is 3.90. The largest absolute Gasteiger partial charge is 0.352 e. The topological polar surface area (TPSA) is 78.5 Å². The smallest absolute Gasteiger partial charge is 0.254 e. The van der Waals surface area contributed by atoms with Crippen LogP contribution < -0.4 is 10.6 Å². The summed E-state index contributed by atoms with van der Waals surface area (Å²) in [5, 5.41) is 9.35. The first-order valence-electron chi connectivity index (χ1n) is 9.55. The molecule has 148 valence electrons. The summed E-state index contributed by atoms with van der Waals surface area (Å²) in [6, 6.07) is 7.19. The average molecular weight is 400 g/mol. The lowest BCUT2D eigenvalue weighted by molar-refractivity contribution is -0.116.